The topological polar surface area (TPSA) is 102 Å². The number of nitrogens with one attached hydrogen (secondary N) is 1. The zero-order valence-corrected chi connectivity index (χ0v) is 14.2. The number of nitrogens with zero attached hydrogens (tertiary/aromatic N) is 1. The Morgan fingerprint density at radius 2 is 1.92 bits per heavy atom. The molecule has 0 fully saturated rings. The molecule has 3 N–H and O–H groups in total. The van der Waals surface area contributed by atoms with Gasteiger partial charge in [-0.15, -0.1) is 0 Å². The van der Waals surface area contributed by atoms with Gasteiger partial charge in [0.2, 0.25) is 5.78 Å². The van der Waals surface area contributed by atoms with Crippen molar-refractivity contribution in [1.29, 1.82) is 0 Å². The molecule has 0 aromatic heterocycles. The number of nitrogens with two attached hydrogens (primary N) is 1. The van der Waals surface area contributed by atoms with Gasteiger partial charge in [0, 0.05) is 28.9 Å². The second-order valence-corrected chi connectivity index (χ2v) is 7.46. The van der Waals surface area contributed by atoms with Gasteiger partial charge in [0.1, 0.15) is 5.71 Å². The van der Waals surface area contributed by atoms with Crippen LogP contribution in [0.5, 0.6) is 0 Å². The van der Waals surface area contributed by atoms with Crippen molar-refractivity contribution in [3.8, 4) is 0 Å². The lowest BCUT2D eigenvalue weighted by molar-refractivity contribution is 0.106. The molecule has 2 aromatic carbocycles. The smallest absolute Gasteiger partial charge is 0.262 e. The van der Waals surface area contributed by atoms with Crippen molar-refractivity contribution in [1.82, 2.24) is 4.72 Å². The van der Waals surface area contributed by atoms with E-state index in [2.05, 4.69) is 9.71 Å². The largest absolute Gasteiger partial charge is 0.399 e. The lowest BCUT2D eigenvalue weighted by Crippen LogP contribution is -2.26. The SMILES string of the molecule is CCN=C1C(=O)c2cccc3c2C(=C1c1cccc(N)c1)NS3(=O)=O. The summed E-state index contributed by atoms with van der Waals surface area (Å²) < 4.78 is 27.6. The molecule has 4 rings (SSSR count). The Labute approximate surface area is 145 Å². The molecule has 0 radical (unpaired) electrons. The molecule has 0 spiro atoms. The third kappa shape index (κ3) is 2.20. The maximum atomic E-state index is 13.0. The first-order valence-electron chi connectivity index (χ1n) is 7.80. The van der Waals surface area contributed by atoms with E-state index in [0.717, 1.165) is 0 Å². The quantitative estimate of drug-likeness (QED) is 0.807. The van der Waals surface area contributed by atoms with Crippen molar-refractivity contribution in [3.63, 3.8) is 0 Å². The van der Waals surface area contributed by atoms with Crippen LogP contribution in [0, 0.1) is 0 Å². The zero-order chi connectivity index (χ0) is 17.8. The molecule has 1 aliphatic carbocycles. The maximum absolute atomic E-state index is 13.0. The van der Waals surface area contributed by atoms with Crippen molar-refractivity contribution < 1.29 is 13.2 Å². The van der Waals surface area contributed by atoms with Crippen molar-refractivity contribution >= 4 is 38.5 Å². The molecule has 0 saturated carbocycles. The molecule has 25 heavy (non-hydrogen) atoms. The van der Waals surface area contributed by atoms with E-state index in [1.54, 1.807) is 36.4 Å². The number of rotatable bonds is 2. The molecule has 0 amide bonds. The number of allylic oxidation sites excluding steroid dienone is 1. The number of hydrogen-bond acceptors (Lipinski definition) is 5. The standard InChI is InChI=1S/C18H15N3O3S/c1-2-20-17-14(10-5-3-6-11(19)9-10)16-15-12(18(17)22)7-4-8-13(15)25(23,24)21-16/h3-9,21H,2,19H2,1H3. The van der Waals surface area contributed by atoms with Gasteiger partial charge in [0.05, 0.1) is 10.6 Å². The van der Waals surface area contributed by atoms with Crippen LogP contribution in [0.2, 0.25) is 0 Å². The number of anilines is 1. The normalized spacial score (nSPS) is 19.1. The van der Waals surface area contributed by atoms with Gasteiger partial charge in [0.25, 0.3) is 10.0 Å². The van der Waals surface area contributed by atoms with Gasteiger partial charge in [-0.2, -0.15) is 0 Å². The van der Waals surface area contributed by atoms with E-state index in [1.165, 1.54) is 6.07 Å². The Hall–Kier alpha value is -2.93. The fourth-order valence-electron chi connectivity index (χ4n) is 3.26. The van der Waals surface area contributed by atoms with Crippen LogP contribution >= 0.6 is 0 Å². The summed E-state index contributed by atoms with van der Waals surface area (Å²) in [5.74, 6) is -0.279. The highest BCUT2D eigenvalue weighted by Crippen LogP contribution is 2.42. The summed E-state index contributed by atoms with van der Waals surface area (Å²) in [6.07, 6.45) is 0. The highest BCUT2D eigenvalue weighted by molar-refractivity contribution is 7.90. The van der Waals surface area contributed by atoms with Crippen LogP contribution in [0.15, 0.2) is 52.4 Å². The number of ketones is 1. The van der Waals surface area contributed by atoms with Gasteiger partial charge in [-0.1, -0.05) is 24.3 Å². The molecule has 0 unspecified atom stereocenters. The minimum Gasteiger partial charge on any atom is -0.399 e. The Bertz CT molecular complexity index is 1100. The highest BCUT2D eigenvalue weighted by Gasteiger charge is 2.41. The fourth-order valence-corrected chi connectivity index (χ4v) is 4.58. The summed E-state index contributed by atoms with van der Waals surface area (Å²) in [5.41, 5.74) is 8.93. The molecule has 1 heterocycles. The number of carbonyl (C=O) groups is 1. The summed E-state index contributed by atoms with van der Waals surface area (Å²) in [6.45, 7) is 2.23. The Balaban J connectivity index is 2.15. The molecular weight excluding hydrogens is 338 g/mol. The summed E-state index contributed by atoms with van der Waals surface area (Å²) in [7, 11) is -3.71. The fraction of sp³-hybridized carbons (Fsp3) is 0.111. The lowest BCUT2D eigenvalue weighted by Gasteiger charge is -2.21. The van der Waals surface area contributed by atoms with Crippen LogP contribution < -0.4 is 10.5 Å². The lowest BCUT2D eigenvalue weighted by atomic mass is 9.83. The Morgan fingerprint density at radius 1 is 1.16 bits per heavy atom. The molecule has 2 aromatic rings. The van der Waals surface area contributed by atoms with Crippen molar-refractivity contribution in [2.24, 2.45) is 4.99 Å². The summed E-state index contributed by atoms with van der Waals surface area (Å²) >= 11 is 0. The van der Waals surface area contributed by atoms with E-state index in [9.17, 15) is 13.2 Å². The van der Waals surface area contributed by atoms with E-state index < -0.39 is 10.0 Å². The number of sulfonamides is 1. The molecular formula is C18H15N3O3S. The molecule has 2 aliphatic rings. The van der Waals surface area contributed by atoms with Crippen LogP contribution in [0.3, 0.4) is 0 Å². The zero-order valence-electron chi connectivity index (χ0n) is 13.4. The monoisotopic (exact) mass is 353 g/mol. The van der Waals surface area contributed by atoms with Gasteiger partial charge < -0.3 is 5.73 Å². The van der Waals surface area contributed by atoms with E-state index in [0.29, 0.717) is 40.2 Å². The molecule has 0 bridgehead atoms. The molecule has 7 heteroatoms. The Kier molecular flexibility index (Phi) is 3.30. The third-order valence-electron chi connectivity index (χ3n) is 4.24. The van der Waals surface area contributed by atoms with E-state index in [4.69, 9.17) is 5.73 Å². The third-order valence-corrected chi connectivity index (χ3v) is 5.63. The second-order valence-electron chi connectivity index (χ2n) is 5.81. The number of nitrogen functional groups attached to an aromatic ring is 1. The second kappa shape index (κ2) is 5.29. The predicted molar refractivity (Wildman–Crippen MR) is 96.7 cm³/mol. The van der Waals surface area contributed by atoms with Crippen LogP contribution in [0.1, 0.15) is 28.4 Å². The summed E-state index contributed by atoms with van der Waals surface area (Å²) in [5, 5.41) is 0. The number of carbonyl (C=O) groups excluding carboxylic acids is 1. The molecule has 126 valence electrons. The number of benzene rings is 2. The number of aliphatic imine (C=N–C) groups is 1. The first-order valence-corrected chi connectivity index (χ1v) is 9.28. The molecule has 0 atom stereocenters. The average molecular weight is 353 g/mol. The first-order chi connectivity index (χ1) is 11.9. The predicted octanol–water partition coefficient (Wildman–Crippen LogP) is 2.09. The summed E-state index contributed by atoms with van der Waals surface area (Å²) in [4.78, 5) is 17.5. The minimum absolute atomic E-state index is 0.116. The van der Waals surface area contributed by atoms with Crippen LogP contribution in [0.25, 0.3) is 11.3 Å². The number of Topliss-reactive ketones (excluding diaryl/α,β-unsaturated/α-hetero) is 1. The number of hydrogen-bond donors (Lipinski definition) is 2. The average Bonchev–Trinajstić information content (AvgIpc) is 2.85. The highest BCUT2D eigenvalue weighted by atomic mass is 32.2. The van der Waals surface area contributed by atoms with Gasteiger partial charge in [-0.25, -0.2) is 8.42 Å². The summed E-state index contributed by atoms with van der Waals surface area (Å²) in [6, 6.07) is 11.7. The van der Waals surface area contributed by atoms with Crippen LogP contribution in [-0.4, -0.2) is 26.5 Å². The van der Waals surface area contributed by atoms with E-state index >= 15 is 0 Å². The van der Waals surface area contributed by atoms with Gasteiger partial charge in [-0.05, 0) is 30.7 Å². The Morgan fingerprint density at radius 3 is 2.64 bits per heavy atom. The van der Waals surface area contributed by atoms with Crippen LogP contribution in [0.4, 0.5) is 5.69 Å². The van der Waals surface area contributed by atoms with Crippen molar-refractivity contribution in [2.45, 2.75) is 11.8 Å². The van der Waals surface area contributed by atoms with E-state index in [1.807, 2.05) is 6.92 Å². The van der Waals surface area contributed by atoms with Gasteiger partial charge >= 0.3 is 0 Å². The molecule has 0 saturated heterocycles. The maximum Gasteiger partial charge on any atom is 0.262 e. The first kappa shape index (κ1) is 15.6. The van der Waals surface area contributed by atoms with E-state index in [-0.39, 0.29) is 16.4 Å². The van der Waals surface area contributed by atoms with Crippen LogP contribution in [-0.2, 0) is 10.0 Å². The molecule has 1 aliphatic heterocycles. The van der Waals surface area contributed by atoms with Crippen molar-refractivity contribution in [2.75, 3.05) is 12.3 Å². The van der Waals surface area contributed by atoms with Gasteiger partial charge in [-0.3, -0.25) is 14.5 Å². The van der Waals surface area contributed by atoms with Crippen molar-refractivity contribution in [3.05, 3.63) is 59.2 Å². The molecule has 6 nitrogen and oxygen atoms in total. The minimum atomic E-state index is -3.71. The van der Waals surface area contributed by atoms with Gasteiger partial charge in [0.15, 0.2) is 0 Å².